The van der Waals surface area contributed by atoms with Gasteiger partial charge in [0.1, 0.15) is 15.9 Å². The quantitative estimate of drug-likeness (QED) is 0.213. The molecule has 0 atom stereocenters. The van der Waals surface area contributed by atoms with Crippen LogP contribution in [0.4, 0.5) is 5.69 Å². The van der Waals surface area contributed by atoms with Crippen molar-refractivity contribution in [3.63, 3.8) is 0 Å². The van der Waals surface area contributed by atoms with E-state index >= 15 is 0 Å². The molecule has 4 aromatic carbocycles. The van der Waals surface area contributed by atoms with Gasteiger partial charge in [0.05, 0.1) is 17.4 Å². The summed E-state index contributed by atoms with van der Waals surface area (Å²) in [5, 5.41) is 23.4. The number of benzene rings is 4. The third-order valence-corrected chi connectivity index (χ3v) is 13.1. The molecular weight excluding hydrogens is 549 g/mol. The van der Waals surface area contributed by atoms with Gasteiger partial charge in [-0.2, -0.15) is 13.1 Å². The first-order chi connectivity index (χ1) is 19.0. The minimum Gasteiger partial charge on any atom is -0.545 e. The minimum absolute atomic E-state index is 0.0689. The molecular formula is C29H28N3O6PS. The number of nitrogens with zero attached hydrogens (tertiary/aromatic N) is 2. The zero-order valence-corrected chi connectivity index (χ0v) is 23.6. The molecule has 0 bridgehead atoms. The highest BCUT2D eigenvalue weighted by atomic mass is 32.2. The van der Waals surface area contributed by atoms with E-state index in [1.54, 1.807) is 4.08 Å². The molecule has 40 heavy (non-hydrogen) atoms. The molecule has 0 radical (unpaired) electrons. The first-order valence-electron chi connectivity index (χ1n) is 12.3. The van der Waals surface area contributed by atoms with Gasteiger partial charge in [0.25, 0.3) is 5.69 Å². The molecule has 0 amide bonds. The Bertz CT molecular complexity index is 1450. The molecule has 1 fully saturated rings. The molecule has 1 aliphatic rings. The summed E-state index contributed by atoms with van der Waals surface area (Å²) in [4.78, 5) is 19.7. The molecule has 4 aromatic rings. The third-order valence-electron chi connectivity index (χ3n) is 6.25. The Labute approximate surface area is 233 Å². The van der Waals surface area contributed by atoms with Crippen molar-refractivity contribution >= 4 is 45.2 Å². The van der Waals surface area contributed by atoms with Crippen LogP contribution in [0, 0.1) is 10.1 Å². The Hall–Kier alpha value is -3.95. The zero-order chi connectivity index (χ0) is 29.0. The van der Waals surface area contributed by atoms with Crippen LogP contribution in [0.5, 0.6) is 0 Å². The second-order valence-electron chi connectivity index (χ2n) is 9.70. The highest BCUT2D eigenvalue weighted by Gasteiger charge is 2.61. The van der Waals surface area contributed by atoms with Crippen LogP contribution < -0.4 is 25.7 Å². The van der Waals surface area contributed by atoms with Crippen molar-refractivity contribution in [2.45, 2.75) is 19.4 Å². The second kappa shape index (κ2) is 11.7. The number of nitro groups is 1. The van der Waals surface area contributed by atoms with Gasteiger partial charge in [0.15, 0.2) is 7.41 Å². The van der Waals surface area contributed by atoms with Crippen molar-refractivity contribution in [2.24, 2.45) is 0 Å². The highest BCUT2D eigenvalue weighted by molar-refractivity contribution is 8.05. The SMILES string of the molecule is CC1(C)CN([P+](c2ccccc2)(c2ccccc2)c2ccccc2)S(=O)(=O)N1.O=C([O-])c1ccc([N+](=O)[O-])cc1. The lowest BCUT2D eigenvalue weighted by atomic mass is 10.1. The summed E-state index contributed by atoms with van der Waals surface area (Å²) in [5.41, 5.74) is -0.747. The minimum atomic E-state index is -3.66. The van der Waals surface area contributed by atoms with E-state index in [1.165, 1.54) is 0 Å². The Kier molecular flexibility index (Phi) is 8.46. The molecule has 1 N–H and O–H groups in total. The van der Waals surface area contributed by atoms with Crippen molar-refractivity contribution in [1.29, 1.82) is 0 Å². The van der Waals surface area contributed by atoms with E-state index in [1.807, 2.05) is 68.4 Å². The maximum Gasteiger partial charge on any atom is 0.310 e. The average Bonchev–Trinajstić information content (AvgIpc) is 3.18. The maximum absolute atomic E-state index is 13.4. The van der Waals surface area contributed by atoms with Crippen molar-refractivity contribution in [3.05, 3.63) is 131 Å². The van der Waals surface area contributed by atoms with Crippen LogP contribution in [0.3, 0.4) is 0 Å². The Morgan fingerprint density at radius 3 is 1.50 bits per heavy atom. The van der Waals surface area contributed by atoms with Crippen LogP contribution in [-0.4, -0.2) is 35.5 Å². The molecule has 1 heterocycles. The summed E-state index contributed by atoms with van der Waals surface area (Å²) in [6, 6.07) is 34.6. The summed E-state index contributed by atoms with van der Waals surface area (Å²) >= 11 is 0. The van der Waals surface area contributed by atoms with Crippen molar-refractivity contribution in [3.8, 4) is 0 Å². The number of hydrogen-bond acceptors (Lipinski definition) is 6. The topological polar surface area (TPSA) is 133 Å². The number of carboxylic acid groups (broad SMARTS) is 1. The molecule has 0 spiro atoms. The summed E-state index contributed by atoms with van der Waals surface area (Å²) in [6.45, 7) is 4.27. The zero-order valence-electron chi connectivity index (χ0n) is 21.9. The van der Waals surface area contributed by atoms with E-state index in [0.717, 1.165) is 40.2 Å². The first-order valence-corrected chi connectivity index (χ1v) is 15.5. The lowest BCUT2D eigenvalue weighted by Gasteiger charge is -2.32. The van der Waals surface area contributed by atoms with Crippen molar-refractivity contribution < 1.29 is 23.2 Å². The van der Waals surface area contributed by atoms with Crippen LogP contribution in [0.1, 0.15) is 24.2 Å². The number of nitro benzene ring substituents is 1. The van der Waals surface area contributed by atoms with Crippen molar-refractivity contribution in [1.82, 2.24) is 8.80 Å². The van der Waals surface area contributed by atoms with E-state index in [4.69, 9.17) is 0 Å². The highest BCUT2D eigenvalue weighted by Crippen LogP contribution is 2.61. The van der Waals surface area contributed by atoms with Crippen molar-refractivity contribution in [2.75, 3.05) is 6.54 Å². The molecule has 0 aromatic heterocycles. The summed E-state index contributed by atoms with van der Waals surface area (Å²) < 4.78 is 31.4. The normalized spacial score (nSPS) is 15.9. The van der Waals surface area contributed by atoms with Gasteiger partial charge >= 0.3 is 10.2 Å². The predicted molar refractivity (Wildman–Crippen MR) is 155 cm³/mol. The number of hydrogen-bond donors (Lipinski definition) is 1. The van der Waals surface area contributed by atoms with Gasteiger partial charge in [-0.15, -0.1) is 0 Å². The van der Waals surface area contributed by atoms with E-state index in [2.05, 4.69) is 41.1 Å². The molecule has 1 aliphatic heterocycles. The number of aromatic carboxylic acids is 1. The van der Waals surface area contributed by atoms with Gasteiger partial charge in [-0.1, -0.05) is 54.6 Å². The Morgan fingerprint density at radius 2 is 1.20 bits per heavy atom. The van der Waals surface area contributed by atoms with E-state index in [9.17, 15) is 28.4 Å². The molecule has 206 valence electrons. The van der Waals surface area contributed by atoms with Crippen LogP contribution in [-0.2, 0) is 10.2 Å². The number of carbonyl (C=O) groups excluding carboxylic acids is 1. The fourth-order valence-corrected chi connectivity index (χ4v) is 12.3. The van der Waals surface area contributed by atoms with Crippen LogP contribution in [0.25, 0.3) is 0 Å². The van der Waals surface area contributed by atoms with Gasteiger partial charge in [-0.25, -0.2) is 0 Å². The average molecular weight is 578 g/mol. The molecule has 9 nitrogen and oxygen atoms in total. The lowest BCUT2D eigenvalue weighted by Crippen LogP contribution is -2.45. The number of nitrogens with one attached hydrogen (secondary N) is 1. The smallest absolute Gasteiger partial charge is 0.310 e. The largest absolute Gasteiger partial charge is 0.545 e. The predicted octanol–water partition coefficient (Wildman–Crippen LogP) is 2.78. The number of carbonyl (C=O) groups is 1. The molecule has 0 unspecified atom stereocenters. The van der Waals surface area contributed by atoms with Gasteiger partial charge in [0.2, 0.25) is 0 Å². The maximum atomic E-state index is 13.4. The first kappa shape index (κ1) is 29.0. The molecule has 0 saturated carbocycles. The lowest BCUT2D eigenvalue weighted by molar-refractivity contribution is -0.384. The fourth-order valence-electron chi connectivity index (χ4n) is 4.61. The molecule has 5 rings (SSSR count). The summed E-state index contributed by atoms with van der Waals surface area (Å²) in [6.07, 6.45) is 0. The van der Waals surface area contributed by atoms with Crippen LogP contribution >= 0.6 is 7.41 Å². The van der Waals surface area contributed by atoms with E-state index < -0.39 is 34.1 Å². The van der Waals surface area contributed by atoms with Gasteiger partial charge < -0.3 is 9.90 Å². The molecule has 0 aliphatic carbocycles. The number of non-ortho nitro benzene ring substituents is 1. The second-order valence-corrected chi connectivity index (χ2v) is 14.9. The van der Waals surface area contributed by atoms with E-state index in [-0.39, 0.29) is 11.3 Å². The number of carboxylic acids is 1. The van der Waals surface area contributed by atoms with Gasteiger partial charge in [-0.3, -0.25) is 10.1 Å². The Morgan fingerprint density at radius 1 is 0.800 bits per heavy atom. The summed E-state index contributed by atoms with van der Waals surface area (Å²) in [7, 11) is -6.28. The monoisotopic (exact) mass is 577 g/mol. The molecule has 1 saturated heterocycles. The van der Waals surface area contributed by atoms with E-state index in [0.29, 0.717) is 6.54 Å². The fraction of sp³-hybridized carbons (Fsp3) is 0.138. The van der Waals surface area contributed by atoms with Crippen LogP contribution in [0.2, 0.25) is 0 Å². The summed E-state index contributed by atoms with van der Waals surface area (Å²) in [5.74, 6) is -1.34. The standard InChI is InChI=1S/C22H24N2O2PS.C7H5NO4/c1-22(2)18-24(28(25,26)23-22)27(19-12-6-3-7-13-19,20-14-8-4-9-15-20)21-16-10-5-11-17-21;9-7(10)5-1-3-6(4-2-5)8(11)12/h3-17,23H,18H2,1-2H3;1-4H,(H,9,10)/q+1;/p-1. The van der Waals surface area contributed by atoms with Gasteiger partial charge in [0, 0.05) is 17.7 Å². The molecule has 11 heteroatoms. The third kappa shape index (κ3) is 5.95. The van der Waals surface area contributed by atoms with Crippen LogP contribution in [0.15, 0.2) is 115 Å². The van der Waals surface area contributed by atoms with Gasteiger partial charge in [-0.05, 0) is 72.0 Å². The number of rotatable bonds is 6. The Balaban J connectivity index is 0.000000259.